The molecule has 0 spiro atoms. The molecule has 0 saturated heterocycles. The van der Waals surface area contributed by atoms with Gasteiger partial charge in [0.1, 0.15) is 0 Å². The molecule has 3 aromatic carbocycles. The van der Waals surface area contributed by atoms with E-state index in [0.717, 1.165) is 16.7 Å². The minimum Gasteiger partial charge on any atom is -0.267 e. The van der Waals surface area contributed by atoms with E-state index in [0.29, 0.717) is 10.6 Å². The van der Waals surface area contributed by atoms with E-state index in [1.165, 1.54) is 0 Å². The van der Waals surface area contributed by atoms with Crippen LogP contribution < -0.4 is 5.43 Å². The van der Waals surface area contributed by atoms with Crippen LogP contribution >= 0.6 is 11.6 Å². The molecule has 118 valence electrons. The first-order chi connectivity index (χ1) is 11.7. The molecule has 0 aliphatic rings. The van der Waals surface area contributed by atoms with Crippen molar-refractivity contribution in [1.82, 2.24) is 5.43 Å². The van der Waals surface area contributed by atoms with Crippen LogP contribution in [0.1, 0.15) is 15.9 Å². The molecular weight excluding hydrogens is 320 g/mol. The molecule has 24 heavy (non-hydrogen) atoms. The van der Waals surface area contributed by atoms with Crippen molar-refractivity contribution in [3.05, 3.63) is 95.0 Å². The smallest absolute Gasteiger partial charge is 0.267 e. The van der Waals surface area contributed by atoms with Crippen molar-refractivity contribution in [1.29, 1.82) is 0 Å². The van der Waals surface area contributed by atoms with E-state index in [9.17, 15) is 4.79 Å². The monoisotopic (exact) mass is 334 g/mol. The van der Waals surface area contributed by atoms with Crippen molar-refractivity contribution in [3.8, 4) is 11.1 Å². The van der Waals surface area contributed by atoms with Gasteiger partial charge in [-0.3, -0.25) is 4.79 Å². The van der Waals surface area contributed by atoms with E-state index in [1.807, 2.05) is 54.6 Å². The summed E-state index contributed by atoms with van der Waals surface area (Å²) in [7, 11) is 0. The number of hydrogen-bond acceptors (Lipinski definition) is 2. The Morgan fingerprint density at radius 2 is 1.58 bits per heavy atom. The second-order valence-corrected chi connectivity index (χ2v) is 5.63. The van der Waals surface area contributed by atoms with E-state index >= 15 is 0 Å². The molecule has 0 atom stereocenters. The number of carbonyl (C=O) groups is 1. The van der Waals surface area contributed by atoms with Crippen molar-refractivity contribution in [2.75, 3.05) is 0 Å². The van der Waals surface area contributed by atoms with Crippen molar-refractivity contribution in [2.45, 2.75) is 0 Å². The zero-order chi connectivity index (χ0) is 16.8. The van der Waals surface area contributed by atoms with Gasteiger partial charge in [-0.05, 0) is 41.0 Å². The molecule has 1 amide bonds. The fraction of sp³-hybridized carbons (Fsp3) is 0. The highest BCUT2D eigenvalue weighted by atomic mass is 35.5. The zero-order valence-corrected chi connectivity index (χ0v) is 13.6. The fourth-order valence-electron chi connectivity index (χ4n) is 2.26. The molecule has 4 heteroatoms. The summed E-state index contributed by atoms with van der Waals surface area (Å²) in [5, 5.41) is 4.58. The largest absolute Gasteiger partial charge is 0.271 e. The Morgan fingerprint density at radius 1 is 0.875 bits per heavy atom. The topological polar surface area (TPSA) is 41.5 Å². The minimum absolute atomic E-state index is 0.257. The van der Waals surface area contributed by atoms with Crippen LogP contribution in [0.15, 0.2) is 84.0 Å². The Labute approximate surface area is 145 Å². The van der Waals surface area contributed by atoms with Gasteiger partial charge in [-0.2, -0.15) is 5.10 Å². The number of carbonyl (C=O) groups excluding carboxylic acids is 1. The van der Waals surface area contributed by atoms with Crippen LogP contribution in [0.3, 0.4) is 0 Å². The normalized spacial score (nSPS) is 10.7. The summed E-state index contributed by atoms with van der Waals surface area (Å²) >= 11 is 5.90. The van der Waals surface area contributed by atoms with Crippen LogP contribution in [-0.2, 0) is 0 Å². The first-order valence-electron chi connectivity index (χ1n) is 7.47. The van der Waals surface area contributed by atoms with Crippen LogP contribution in [0.5, 0.6) is 0 Å². The molecule has 0 aliphatic carbocycles. The van der Waals surface area contributed by atoms with E-state index in [4.69, 9.17) is 11.6 Å². The third-order valence-corrected chi connectivity index (χ3v) is 3.72. The maximum atomic E-state index is 12.1. The lowest BCUT2D eigenvalue weighted by atomic mass is 10.0. The third kappa shape index (κ3) is 4.09. The number of nitrogens with one attached hydrogen (secondary N) is 1. The van der Waals surface area contributed by atoms with Crippen molar-refractivity contribution in [3.63, 3.8) is 0 Å². The van der Waals surface area contributed by atoms with Gasteiger partial charge >= 0.3 is 0 Å². The SMILES string of the molecule is O=C(NN=Cc1cccc(Cl)c1)c1ccc(-c2ccccc2)cc1. The van der Waals surface area contributed by atoms with Gasteiger partial charge in [-0.25, -0.2) is 5.43 Å². The fourth-order valence-corrected chi connectivity index (χ4v) is 2.46. The second-order valence-electron chi connectivity index (χ2n) is 5.20. The third-order valence-electron chi connectivity index (χ3n) is 3.48. The van der Waals surface area contributed by atoms with Gasteiger partial charge < -0.3 is 0 Å². The maximum Gasteiger partial charge on any atom is 0.271 e. The quantitative estimate of drug-likeness (QED) is 0.542. The van der Waals surface area contributed by atoms with Gasteiger partial charge in [0, 0.05) is 10.6 Å². The van der Waals surface area contributed by atoms with Crippen LogP contribution in [0.4, 0.5) is 0 Å². The van der Waals surface area contributed by atoms with E-state index < -0.39 is 0 Å². The number of benzene rings is 3. The van der Waals surface area contributed by atoms with Crippen LogP contribution in [0.2, 0.25) is 5.02 Å². The predicted octanol–water partition coefficient (Wildman–Crippen LogP) is 4.77. The van der Waals surface area contributed by atoms with Gasteiger partial charge in [-0.1, -0.05) is 66.2 Å². The van der Waals surface area contributed by atoms with Gasteiger partial charge in [-0.15, -0.1) is 0 Å². The first-order valence-corrected chi connectivity index (χ1v) is 7.84. The van der Waals surface area contributed by atoms with Crippen LogP contribution in [0, 0.1) is 0 Å². The number of hydrogen-bond donors (Lipinski definition) is 1. The average molecular weight is 335 g/mol. The number of nitrogens with zero attached hydrogens (tertiary/aromatic N) is 1. The summed E-state index contributed by atoms with van der Waals surface area (Å²) in [5.41, 5.74) is 6.07. The van der Waals surface area contributed by atoms with Crippen molar-refractivity contribution < 1.29 is 4.79 Å². The highest BCUT2D eigenvalue weighted by Crippen LogP contribution is 2.19. The van der Waals surface area contributed by atoms with Crippen molar-refractivity contribution in [2.24, 2.45) is 5.10 Å². The van der Waals surface area contributed by atoms with E-state index in [-0.39, 0.29) is 5.91 Å². The lowest BCUT2D eigenvalue weighted by molar-refractivity contribution is 0.0955. The molecule has 0 aromatic heterocycles. The number of halogens is 1. The van der Waals surface area contributed by atoms with Gasteiger partial charge in [0.15, 0.2) is 0 Å². The summed E-state index contributed by atoms with van der Waals surface area (Å²) in [6.07, 6.45) is 1.56. The van der Waals surface area contributed by atoms with Gasteiger partial charge in [0.05, 0.1) is 6.21 Å². The number of amides is 1. The summed E-state index contributed by atoms with van der Waals surface area (Å²) in [4.78, 5) is 12.1. The molecule has 3 nitrogen and oxygen atoms in total. The van der Waals surface area contributed by atoms with E-state index in [1.54, 1.807) is 30.5 Å². The minimum atomic E-state index is -0.257. The highest BCUT2D eigenvalue weighted by molar-refractivity contribution is 6.30. The Balaban J connectivity index is 1.65. The summed E-state index contributed by atoms with van der Waals surface area (Å²) in [6, 6.07) is 24.7. The summed E-state index contributed by atoms with van der Waals surface area (Å²) in [6.45, 7) is 0. The van der Waals surface area contributed by atoms with Gasteiger partial charge in [0.2, 0.25) is 0 Å². The number of hydrazone groups is 1. The molecule has 3 rings (SSSR count). The zero-order valence-electron chi connectivity index (χ0n) is 12.8. The summed E-state index contributed by atoms with van der Waals surface area (Å²) in [5.74, 6) is -0.257. The van der Waals surface area contributed by atoms with Crippen LogP contribution in [0.25, 0.3) is 11.1 Å². The van der Waals surface area contributed by atoms with Crippen LogP contribution in [-0.4, -0.2) is 12.1 Å². The molecule has 3 aromatic rings. The molecule has 0 saturated carbocycles. The Bertz CT molecular complexity index is 858. The summed E-state index contributed by atoms with van der Waals surface area (Å²) < 4.78 is 0. The standard InChI is InChI=1S/C20H15ClN2O/c21-19-8-4-5-15(13-19)14-22-23-20(24)18-11-9-17(10-12-18)16-6-2-1-3-7-16/h1-14H,(H,23,24). The Morgan fingerprint density at radius 3 is 2.29 bits per heavy atom. The van der Waals surface area contributed by atoms with E-state index in [2.05, 4.69) is 10.5 Å². The average Bonchev–Trinajstić information content (AvgIpc) is 2.63. The predicted molar refractivity (Wildman–Crippen MR) is 98.4 cm³/mol. The molecular formula is C20H15ClN2O. The molecule has 0 fully saturated rings. The Kier molecular flexibility index (Phi) is 5.04. The molecule has 0 aliphatic heterocycles. The first kappa shape index (κ1) is 16.0. The molecule has 0 bridgehead atoms. The highest BCUT2D eigenvalue weighted by Gasteiger charge is 2.04. The molecule has 1 N–H and O–H groups in total. The second kappa shape index (κ2) is 7.57. The molecule has 0 unspecified atom stereocenters. The van der Waals surface area contributed by atoms with Crippen molar-refractivity contribution >= 4 is 23.7 Å². The Hall–Kier alpha value is -2.91. The lowest BCUT2D eigenvalue weighted by Gasteiger charge is -2.03. The maximum absolute atomic E-state index is 12.1. The number of rotatable bonds is 4. The lowest BCUT2D eigenvalue weighted by Crippen LogP contribution is -2.17. The van der Waals surface area contributed by atoms with Gasteiger partial charge in [0.25, 0.3) is 5.91 Å². The molecule has 0 radical (unpaired) electrons. The molecule has 0 heterocycles.